The summed E-state index contributed by atoms with van der Waals surface area (Å²) in [5.41, 5.74) is 4.78. The average Bonchev–Trinajstić information content (AvgIpc) is 2.34. The number of nitrogens with one attached hydrogen (secondary N) is 1. The van der Waals surface area contributed by atoms with Crippen molar-refractivity contribution >= 4 is 5.91 Å². The van der Waals surface area contributed by atoms with Gasteiger partial charge in [-0.05, 0) is 38.1 Å². The summed E-state index contributed by atoms with van der Waals surface area (Å²) >= 11 is 0. The van der Waals surface area contributed by atoms with E-state index in [1.807, 2.05) is 24.3 Å². The summed E-state index contributed by atoms with van der Waals surface area (Å²) in [6.07, 6.45) is 0. The highest BCUT2D eigenvalue weighted by atomic mass is 16.5. The Morgan fingerprint density at radius 3 is 2.33 bits per heavy atom. The molecule has 0 saturated carbocycles. The van der Waals surface area contributed by atoms with E-state index in [4.69, 9.17) is 15.2 Å². The van der Waals surface area contributed by atoms with Gasteiger partial charge < -0.3 is 20.5 Å². The van der Waals surface area contributed by atoms with Gasteiger partial charge in [-0.2, -0.15) is 0 Å². The predicted octanol–water partition coefficient (Wildman–Crippen LogP) is 0.927. The van der Waals surface area contributed by atoms with E-state index in [9.17, 15) is 4.79 Å². The molecule has 0 aromatic heterocycles. The van der Waals surface area contributed by atoms with Gasteiger partial charge in [0, 0.05) is 0 Å². The van der Waals surface area contributed by atoms with Crippen molar-refractivity contribution in [2.75, 3.05) is 20.3 Å². The Morgan fingerprint density at radius 1 is 1.28 bits per heavy atom. The number of ether oxygens (including phenoxy) is 2. The van der Waals surface area contributed by atoms with E-state index >= 15 is 0 Å². The molecule has 1 aromatic rings. The summed E-state index contributed by atoms with van der Waals surface area (Å²) < 4.78 is 10.5. The smallest absolute Gasteiger partial charge is 0.239 e. The van der Waals surface area contributed by atoms with Gasteiger partial charge in [0.1, 0.15) is 18.1 Å². The molecule has 0 unspecified atom stereocenters. The molecule has 5 heteroatoms. The molecule has 0 aliphatic heterocycles. The fraction of sp³-hybridized carbons (Fsp3) is 0.462. The minimum absolute atomic E-state index is 0.194. The van der Waals surface area contributed by atoms with Crippen molar-refractivity contribution in [3.63, 3.8) is 0 Å². The quantitative estimate of drug-likeness (QED) is 0.739. The van der Waals surface area contributed by atoms with Crippen LogP contribution in [0.5, 0.6) is 11.5 Å². The van der Waals surface area contributed by atoms with Crippen LogP contribution < -0.4 is 20.5 Å². The molecule has 1 amide bonds. The van der Waals surface area contributed by atoms with Crippen molar-refractivity contribution in [2.24, 2.45) is 5.73 Å². The molecule has 0 heterocycles. The maximum Gasteiger partial charge on any atom is 0.239 e. The molecule has 3 N–H and O–H groups in total. The number of hydrogen-bond donors (Lipinski definition) is 2. The van der Waals surface area contributed by atoms with Gasteiger partial charge in [0.25, 0.3) is 0 Å². The van der Waals surface area contributed by atoms with Crippen LogP contribution in [0.15, 0.2) is 24.3 Å². The fourth-order valence-electron chi connectivity index (χ4n) is 1.23. The van der Waals surface area contributed by atoms with Crippen LogP contribution in [-0.4, -0.2) is 31.7 Å². The van der Waals surface area contributed by atoms with Crippen molar-refractivity contribution in [3.05, 3.63) is 24.3 Å². The lowest BCUT2D eigenvalue weighted by atomic mass is 10.1. The molecule has 0 bridgehead atoms. The molecular weight excluding hydrogens is 232 g/mol. The first kappa shape index (κ1) is 14.3. The number of rotatable bonds is 6. The van der Waals surface area contributed by atoms with Crippen molar-refractivity contribution in [3.8, 4) is 11.5 Å². The van der Waals surface area contributed by atoms with E-state index < -0.39 is 5.54 Å². The monoisotopic (exact) mass is 252 g/mol. The molecule has 0 radical (unpaired) electrons. The standard InChI is InChI=1S/C13H20N2O3/c1-13(2,14)12(16)15-8-9-18-11-6-4-10(17-3)5-7-11/h4-7H,8-9,14H2,1-3H3,(H,15,16). The highest BCUT2D eigenvalue weighted by molar-refractivity contribution is 5.84. The summed E-state index contributed by atoms with van der Waals surface area (Å²) in [5.74, 6) is 1.32. The minimum Gasteiger partial charge on any atom is -0.497 e. The number of hydrogen-bond acceptors (Lipinski definition) is 4. The Bertz CT molecular complexity index is 382. The van der Waals surface area contributed by atoms with Crippen molar-refractivity contribution in [1.29, 1.82) is 0 Å². The van der Waals surface area contributed by atoms with Gasteiger partial charge in [-0.1, -0.05) is 0 Å². The first-order valence-corrected chi connectivity index (χ1v) is 5.77. The topological polar surface area (TPSA) is 73.6 Å². The number of benzene rings is 1. The average molecular weight is 252 g/mol. The molecule has 1 aromatic carbocycles. The summed E-state index contributed by atoms with van der Waals surface area (Å²) in [6, 6.07) is 7.26. The van der Waals surface area contributed by atoms with Crippen LogP contribution in [0.2, 0.25) is 0 Å². The van der Waals surface area contributed by atoms with Gasteiger partial charge in [-0.25, -0.2) is 0 Å². The molecule has 100 valence electrons. The number of amides is 1. The van der Waals surface area contributed by atoms with Crippen LogP contribution in [0.4, 0.5) is 0 Å². The molecule has 0 saturated heterocycles. The third-order valence-electron chi connectivity index (χ3n) is 2.30. The van der Waals surface area contributed by atoms with Gasteiger partial charge >= 0.3 is 0 Å². The van der Waals surface area contributed by atoms with Crippen LogP contribution in [0.1, 0.15) is 13.8 Å². The number of carbonyl (C=O) groups is 1. The number of methoxy groups -OCH3 is 1. The summed E-state index contributed by atoms with van der Waals surface area (Å²) in [7, 11) is 1.61. The van der Waals surface area contributed by atoms with Crippen LogP contribution in [0.3, 0.4) is 0 Å². The first-order valence-electron chi connectivity index (χ1n) is 5.77. The normalized spacial score (nSPS) is 10.9. The Balaban J connectivity index is 2.27. The molecule has 0 atom stereocenters. The SMILES string of the molecule is COc1ccc(OCCNC(=O)C(C)(C)N)cc1. The van der Waals surface area contributed by atoms with Crippen molar-refractivity contribution in [1.82, 2.24) is 5.32 Å². The van der Waals surface area contributed by atoms with E-state index in [1.54, 1.807) is 21.0 Å². The molecule has 5 nitrogen and oxygen atoms in total. The predicted molar refractivity (Wildman–Crippen MR) is 69.8 cm³/mol. The number of nitrogens with two attached hydrogens (primary N) is 1. The molecule has 0 aliphatic rings. The second-order valence-electron chi connectivity index (χ2n) is 4.50. The lowest BCUT2D eigenvalue weighted by Crippen LogP contribution is -2.49. The van der Waals surface area contributed by atoms with Crippen LogP contribution in [-0.2, 0) is 4.79 Å². The van der Waals surface area contributed by atoms with Gasteiger partial charge in [0.15, 0.2) is 0 Å². The third kappa shape index (κ3) is 4.63. The van der Waals surface area contributed by atoms with Crippen LogP contribution in [0, 0.1) is 0 Å². The second kappa shape index (κ2) is 6.26. The zero-order valence-corrected chi connectivity index (χ0v) is 11.0. The Morgan fingerprint density at radius 2 is 1.83 bits per heavy atom. The van der Waals surface area contributed by atoms with E-state index in [0.717, 1.165) is 11.5 Å². The summed E-state index contributed by atoms with van der Waals surface area (Å²) in [5, 5.41) is 2.70. The molecule has 1 rings (SSSR count). The fourth-order valence-corrected chi connectivity index (χ4v) is 1.23. The van der Waals surface area contributed by atoms with E-state index in [-0.39, 0.29) is 5.91 Å². The first-order chi connectivity index (χ1) is 8.43. The summed E-state index contributed by atoms with van der Waals surface area (Å²) in [6.45, 7) is 4.14. The molecular formula is C13H20N2O3. The van der Waals surface area contributed by atoms with Crippen LogP contribution in [0.25, 0.3) is 0 Å². The third-order valence-corrected chi connectivity index (χ3v) is 2.30. The van der Waals surface area contributed by atoms with Crippen molar-refractivity contribution in [2.45, 2.75) is 19.4 Å². The Labute approximate surface area is 107 Å². The van der Waals surface area contributed by atoms with Gasteiger partial charge in [-0.15, -0.1) is 0 Å². The van der Waals surface area contributed by atoms with E-state index in [1.165, 1.54) is 0 Å². The van der Waals surface area contributed by atoms with Gasteiger partial charge in [0.05, 0.1) is 19.2 Å². The second-order valence-corrected chi connectivity index (χ2v) is 4.50. The van der Waals surface area contributed by atoms with Gasteiger partial charge in [0.2, 0.25) is 5.91 Å². The minimum atomic E-state index is -0.861. The highest BCUT2D eigenvalue weighted by Gasteiger charge is 2.20. The zero-order chi connectivity index (χ0) is 13.6. The van der Waals surface area contributed by atoms with Crippen molar-refractivity contribution < 1.29 is 14.3 Å². The molecule has 0 aliphatic carbocycles. The maximum absolute atomic E-state index is 11.5. The van der Waals surface area contributed by atoms with Gasteiger partial charge in [-0.3, -0.25) is 4.79 Å². The van der Waals surface area contributed by atoms with E-state index in [2.05, 4.69) is 5.32 Å². The molecule has 0 fully saturated rings. The summed E-state index contributed by atoms with van der Waals surface area (Å²) in [4.78, 5) is 11.5. The van der Waals surface area contributed by atoms with E-state index in [0.29, 0.717) is 13.2 Å². The zero-order valence-electron chi connectivity index (χ0n) is 11.0. The van der Waals surface area contributed by atoms with Crippen LogP contribution >= 0.6 is 0 Å². The lowest BCUT2D eigenvalue weighted by Gasteiger charge is -2.17. The largest absolute Gasteiger partial charge is 0.497 e. The maximum atomic E-state index is 11.5. The lowest BCUT2D eigenvalue weighted by molar-refractivity contribution is -0.125. The Hall–Kier alpha value is -1.75. The molecule has 0 spiro atoms. The highest BCUT2D eigenvalue weighted by Crippen LogP contribution is 2.16. The number of carbonyl (C=O) groups excluding carboxylic acids is 1. The Kier molecular flexibility index (Phi) is 4.97. The molecule has 18 heavy (non-hydrogen) atoms.